The van der Waals surface area contributed by atoms with Crippen molar-refractivity contribution in [3.63, 3.8) is 0 Å². The first-order valence-corrected chi connectivity index (χ1v) is 20.9. The molecular formula is C55H33N3S. The van der Waals surface area contributed by atoms with E-state index in [1.165, 1.54) is 79.9 Å². The largest absolute Gasteiger partial charge is 0.309 e. The topological polar surface area (TPSA) is 22.8 Å². The maximum absolute atomic E-state index is 5.42. The van der Waals surface area contributed by atoms with Gasteiger partial charge in [0.05, 0.1) is 33.3 Å². The number of benzene rings is 9. The first kappa shape index (κ1) is 32.5. The van der Waals surface area contributed by atoms with Gasteiger partial charge in [-0.15, -0.1) is 11.3 Å². The average molecular weight is 768 g/mol. The summed E-state index contributed by atoms with van der Waals surface area (Å²) in [4.78, 5) is 5.42. The predicted octanol–water partition coefficient (Wildman–Crippen LogP) is 15.3. The van der Waals surface area contributed by atoms with Gasteiger partial charge in [-0.1, -0.05) is 140 Å². The monoisotopic (exact) mass is 767 g/mol. The van der Waals surface area contributed by atoms with Crippen LogP contribution in [0.4, 0.5) is 0 Å². The number of rotatable bonds is 4. The van der Waals surface area contributed by atoms with Gasteiger partial charge in [-0.05, 0) is 71.8 Å². The van der Waals surface area contributed by atoms with Crippen molar-refractivity contribution in [1.29, 1.82) is 0 Å². The third-order valence-corrected chi connectivity index (χ3v) is 13.5. The van der Waals surface area contributed by atoms with Gasteiger partial charge in [-0.25, -0.2) is 4.98 Å². The van der Waals surface area contributed by atoms with Crippen LogP contribution in [0.25, 0.3) is 119 Å². The molecule has 0 atom stereocenters. The standard InChI is InChI=1S/C55H33N3S/c1-7-22-47-45(21-1)53-46(29-28-44-43-20-6-12-27-52(43)59-55(44)53)54(56-47)35-15-13-14-34(30-35)36-31-37(57-48-23-8-2-16-39(48)40-17-3-9-24-49(40)57)33-38(32-36)58-50-25-10-4-18-41(50)42-19-5-11-26-51(42)58/h1-33H. The minimum Gasteiger partial charge on any atom is -0.309 e. The lowest BCUT2D eigenvalue weighted by Gasteiger charge is -2.16. The Morgan fingerprint density at radius 3 is 1.44 bits per heavy atom. The van der Waals surface area contributed by atoms with Crippen LogP contribution in [0.15, 0.2) is 200 Å². The molecule has 0 aliphatic rings. The maximum atomic E-state index is 5.42. The zero-order valence-electron chi connectivity index (χ0n) is 31.8. The fourth-order valence-electron chi connectivity index (χ4n) is 9.70. The molecule has 13 rings (SSSR count). The van der Waals surface area contributed by atoms with Crippen LogP contribution in [0, 0.1) is 0 Å². The summed E-state index contributed by atoms with van der Waals surface area (Å²) in [6.45, 7) is 0. The molecule has 3 nitrogen and oxygen atoms in total. The van der Waals surface area contributed by atoms with Gasteiger partial charge in [0, 0.05) is 74.8 Å². The van der Waals surface area contributed by atoms with Gasteiger partial charge in [0.15, 0.2) is 0 Å². The summed E-state index contributed by atoms with van der Waals surface area (Å²) >= 11 is 1.88. The average Bonchev–Trinajstić information content (AvgIpc) is 3.96. The number of aromatic nitrogens is 3. The molecule has 4 heteroatoms. The highest BCUT2D eigenvalue weighted by Crippen LogP contribution is 2.44. The first-order chi connectivity index (χ1) is 29.3. The Balaban J connectivity index is 1.09. The molecule has 274 valence electrons. The molecule has 0 spiro atoms. The van der Waals surface area contributed by atoms with Gasteiger partial charge in [0.1, 0.15) is 0 Å². The minimum atomic E-state index is 1.00. The van der Waals surface area contributed by atoms with Crippen molar-refractivity contribution in [3.8, 4) is 33.8 Å². The highest BCUT2D eigenvalue weighted by molar-refractivity contribution is 7.26. The third kappa shape index (κ3) is 4.78. The molecule has 0 fully saturated rings. The second-order valence-electron chi connectivity index (χ2n) is 15.5. The fraction of sp³-hybridized carbons (Fsp3) is 0. The van der Waals surface area contributed by atoms with Crippen molar-refractivity contribution in [3.05, 3.63) is 200 Å². The molecule has 0 radical (unpaired) electrons. The Bertz CT molecular complexity index is 3620. The van der Waals surface area contributed by atoms with E-state index < -0.39 is 0 Å². The Hall–Kier alpha value is -7.53. The Morgan fingerprint density at radius 1 is 0.339 bits per heavy atom. The second-order valence-corrected chi connectivity index (χ2v) is 16.6. The number of hydrogen-bond acceptors (Lipinski definition) is 2. The molecule has 4 aromatic heterocycles. The van der Waals surface area contributed by atoms with E-state index in [0.717, 1.165) is 39.3 Å². The Morgan fingerprint density at radius 2 is 0.831 bits per heavy atom. The van der Waals surface area contributed by atoms with Gasteiger partial charge in [-0.3, -0.25) is 0 Å². The van der Waals surface area contributed by atoms with E-state index >= 15 is 0 Å². The molecule has 0 amide bonds. The molecule has 9 aromatic carbocycles. The molecule has 0 unspecified atom stereocenters. The normalized spacial score (nSPS) is 12.1. The summed E-state index contributed by atoms with van der Waals surface area (Å²) < 4.78 is 7.49. The highest BCUT2D eigenvalue weighted by atomic mass is 32.1. The minimum absolute atomic E-state index is 1.00. The first-order valence-electron chi connectivity index (χ1n) is 20.1. The quantitative estimate of drug-likeness (QED) is 0.164. The number of fused-ring (bicyclic) bond motifs is 13. The van der Waals surface area contributed by atoms with Crippen LogP contribution in [-0.4, -0.2) is 14.1 Å². The summed E-state index contributed by atoms with van der Waals surface area (Å²) in [7, 11) is 0. The molecule has 0 N–H and O–H groups in total. The van der Waals surface area contributed by atoms with Crippen molar-refractivity contribution < 1.29 is 0 Å². The van der Waals surface area contributed by atoms with Crippen molar-refractivity contribution in [1.82, 2.24) is 14.1 Å². The number of pyridine rings is 1. The molecular weight excluding hydrogens is 735 g/mol. The molecule has 0 aliphatic carbocycles. The smallest absolute Gasteiger partial charge is 0.0788 e. The van der Waals surface area contributed by atoms with E-state index in [-0.39, 0.29) is 0 Å². The molecule has 13 aromatic rings. The van der Waals surface area contributed by atoms with Gasteiger partial charge >= 0.3 is 0 Å². The summed E-state index contributed by atoms with van der Waals surface area (Å²) in [6, 6.07) is 73.1. The molecule has 0 bridgehead atoms. The summed E-state index contributed by atoms with van der Waals surface area (Å²) in [6.07, 6.45) is 0. The van der Waals surface area contributed by atoms with Crippen LogP contribution >= 0.6 is 11.3 Å². The van der Waals surface area contributed by atoms with Crippen molar-refractivity contribution >= 4 is 96.8 Å². The molecule has 0 saturated carbocycles. The molecule has 59 heavy (non-hydrogen) atoms. The van der Waals surface area contributed by atoms with E-state index in [9.17, 15) is 0 Å². The zero-order chi connectivity index (χ0) is 38.6. The van der Waals surface area contributed by atoms with Crippen molar-refractivity contribution in [2.45, 2.75) is 0 Å². The van der Waals surface area contributed by atoms with E-state index in [2.05, 4.69) is 209 Å². The second kappa shape index (κ2) is 12.5. The van der Waals surface area contributed by atoms with Crippen LogP contribution in [0.5, 0.6) is 0 Å². The van der Waals surface area contributed by atoms with Crippen LogP contribution in [0.3, 0.4) is 0 Å². The van der Waals surface area contributed by atoms with Gasteiger partial charge < -0.3 is 9.13 Å². The van der Waals surface area contributed by atoms with Gasteiger partial charge in [0.2, 0.25) is 0 Å². The predicted molar refractivity (Wildman–Crippen MR) is 252 cm³/mol. The van der Waals surface area contributed by atoms with Crippen LogP contribution in [0.1, 0.15) is 0 Å². The fourth-order valence-corrected chi connectivity index (χ4v) is 11.0. The van der Waals surface area contributed by atoms with Gasteiger partial charge in [0.25, 0.3) is 0 Å². The molecule has 4 heterocycles. The zero-order valence-corrected chi connectivity index (χ0v) is 32.6. The van der Waals surface area contributed by atoms with Crippen molar-refractivity contribution in [2.24, 2.45) is 0 Å². The van der Waals surface area contributed by atoms with E-state index in [1.807, 2.05) is 11.3 Å². The highest BCUT2D eigenvalue weighted by Gasteiger charge is 2.19. The number of para-hydroxylation sites is 5. The van der Waals surface area contributed by atoms with E-state index in [1.54, 1.807) is 0 Å². The lowest BCUT2D eigenvalue weighted by Crippen LogP contribution is -2.00. The lowest BCUT2D eigenvalue weighted by molar-refractivity contribution is 1.13. The van der Waals surface area contributed by atoms with Crippen LogP contribution in [0.2, 0.25) is 0 Å². The summed E-state index contributed by atoms with van der Waals surface area (Å²) in [5.41, 5.74) is 12.4. The number of thiophene rings is 1. The van der Waals surface area contributed by atoms with Crippen LogP contribution in [-0.2, 0) is 0 Å². The van der Waals surface area contributed by atoms with Crippen molar-refractivity contribution in [2.75, 3.05) is 0 Å². The summed E-state index contributed by atoms with van der Waals surface area (Å²) in [5.74, 6) is 0. The SMILES string of the molecule is c1cc(-c2cc(-n3c4ccccc4c4ccccc43)cc(-n3c4ccccc4c4ccccc43)c2)cc(-c2nc3ccccc3c3c2ccc2c4ccccc4sc23)c1. The maximum Gasteiger partial charge on any atom is 0.0788 e. The number of hydrogen-bond donors (Lipinski definition) is 0. The third-order valence-electron chi connectivity index (χ3n) is 12.3. The molecule has 0 saturated heterocycles. The molecule has 0 aliphatic heterocycles. The van der Waals surface area contributed by atoms with Gasteiger partial charge in [-0.2, -0.15) is 0 Å². The summed E-state index contributed by atoms with van der Waals surface area (Å²) in [5, 5.41) is 11.2. The van der Waals surface area contributed by atoms with E-state index in [0.29, 0.717) is 0 Å². The Kier molecular flexibility index (Phi) is 6.89. The van der Waals surface area contributed by atoms with E-state index in [4.69, 9.17) is 4.98 Å². The lowest BCUT2D eigenvalue weighted by atomic mass is 9.95. The Labute approximate surface area is 343 Å². The number of nitrogens with zero attached hydrogens (tertiary/aromatic N) is 3. The van der Waals surface area contributed by atoms with Crippen LogP contribution < -0.4 is 0 Å².